The van der Waals surface area contributed by atoms with Gasteiger partial charge < -0.3 is 19.7 Å². The van der Waals surface area contributed by atoms with Crippen LogP contribution in [0, 0.1) is 19.4 Å². The third-order valence-electron chi connectivity index (χ3n) is 5.85. The Morgan fingerprint density at radius 3 is 2.72 bits per heavy atom. The van der Waals surface area contributed by atoms with Crippen molar-refractivity contribution in [2.24, 2.45) is 5.92 Å². The zero-order valence-corrected chi connectivity index (χ0v) is 20.3. The summed E-state index contributed by atoms with van der Waals surface area (Å²) in [5.41, 5.74) is 1.87. The predicted molar refractivity (Wildman–Crippen MR) is 128 cm³/mol. The van der Waals surface area contributed by atoms with E-state index in [1.54, 1.807) is 6.07 Å². The third kappa shape index (κ3) is 5.47. The number of rotatable bonds is 8. The fourth-order valence-corrected chi connectivity index (χ4v) is 4.68. The van der Waals surface area contributed by atoms with E-state index in [2.05, 4.69) is 48.0 Å². The van der Waals surface area contributed by atoms with E-state index in [1.165, 1.54) is 11.3 Å². The van der Waals surface area contributed by atoms with E-state index in [-0.39, 0.29) is 11.4 Å². The van der Waals surface area contributed by atoms with Gasteiger partial charge in [0.2, 0.25) is 5.69 Å². The summed E-state index contributed by atoms with van der Waals surface area (Å²) in [7, 11) is 4.11. The molecule has 2 aromatic rings. The number of hydrogen-bond acceptors (Lipinski definition) is 6. The van der Waals surface area contributed by atoms with Crippen LogP contribution in [0.3, 0.4) is 0 Å². The minimum atomic E-state index is -0.110. The van der Waals surface area contributed by atoms with Gasteiger partial charge in [0.25, 0.3) is 5.91 Å². The summed E-state index contributed by atoms with van der Waals surface area (Å²) in [6, 6.07) is 5.49. The second-order valence-electron chi connectivity index (χ2n) is 8.85. The van der Waals surface area contributed by atoms with Gasteiger partial charge in [-0.05, 0) is 51.9 Å². The van der Waals surface area contributed by atoms with Gasteiger partial charge in [0, 0.05) is 30.9 Å². The Balaban J connectivity index is 1.75. The SMILES string of the molecule is [C-]#[N+]c1cc(-c2nc(C)c(C(=O)NCC3(N(C)C)CCOCC3)s2)ccc1OCC(C)C. The summed E-state index contributed by atoms with van der Waals surface area (Å²) in [5, 5.41) is 3.84. The molecular weight excluding hydrogens is 424 g/mol. The number of amides is 1. The fraction of sp³-hybridized carbons (Fsp3) is 0.542. The minimum Gasteiger partial charge on any atom is -0.504 e. The van der Waals surface area contributed by atoms with Gasteiger partial charge in [0.1, 0.15) is 15.6 Å². The molecule has 0 bridgehead atoms. The van der Waals surface area contributed by atoms with Gasteiger partial charge >= 0.3 is 0 Å². The van der Waals surface area contributed by atoms with Crippen molar-refractivity contribution in [3.8, 4) is 16.3 Å². The van der Waals surface area contributed by atoms with E-state index in [4.69, 9.17) is 16.0 Å². The number of likely N-dealkylation sites (N-methyl/N-ethyl adjacent to an activating group) is 1. The number of hydrogen-bond donors (Lipinski definition) is 1. The van der Waals surface area contributed by atoms with Crippen LogP contribution in [0.2, 0.25) is 0 Å². The number of aryl methyl sites for hydroxylation is 1. The van der Waals surface area contributed by atoms with Crippen molar-refractivity contribution in [1.29, 1.82) is 0 Å². The van der Waals surface area contributed by atoms with Crippen LogP contribution in [0.5, 0.6) is 5.75 Å². The zero-order chi connectivity index (χ0) is 23.3. The molecular formula is C24H32N4O3S. The van der Waals surface area contributed by atoms with Crippen LogP contribution in [-0.2, 0) is 4.74 Å². The molecule has 0 radical (unpaired) electrons. The average molecular weight is 457 g/mol. The molecule has 1 aliphatic heterocycles. The Labute approximate surface area is 194 Å². The Hall–Kier alpha value is -2.47. The Morgan fingerprint density at radius 1 is 1.38 bits per heavy atom. The van der Waals surface area contributed by atoms with Crippen LogP contribution in [0.15, 0.2) is 18.2 Å². The molecule has 1 aromatic heterocycles. The zero-order valence-electron chi connectivity index (χ0n) is 19.5. The van der Waals surface area contributed by atoms with Crippen molar-refractivity contribution >= 4 is 22.9 Å². The lowest BCUT2D eigenvalue weighted by molar-refractivity contribution is -0.00656. The predicted octanol–water partition coefficient (Wildman–Crippen LogP) is 4.54. The molecule has 1 aromatic carbocycles. The topological polar surface area (TPSA) is 68.1 Å². The molecule has 7 nitrogen and oxygen atoms in total. The normalized spacial score (nSPS) is 15.6. The maximum absolute atomic E-state index is 13.0. The molecule has 0 unspecified atom stereocenters. The number of carbonyl (C=O) groups excluding carboxylic acids is 1. The highest BCUT2D eigenvalue weighted by molar-refractivity contribution is 7.17. The summed E-state index contributed by atoms with van der Waals surface area (Å²) >= 11 is 1.35. The summed E-state index contributed by atoms with van der Waals surface area (Å²) in [6.07, 6.45) is 1.77. The van der Waals surface area contributed by atoms with Gasteiger partial charge in [-0.1, -0.05) is 19.9 Å². The first-order chi connectivity index (χ1) is 15.3. The maximum atomic E-state index is 13.0. The first-order valence-corrected chi connectivity index (χ1v) is 11.7. The van der Waals surface area contributed by atoms with E-state index < -0.39 is 0 Å². The van der Waals surface area contributed by atoms with Crippen LogP contribution >= 0.6 is 11.3 Å². The molecule has 0 atom stereocenters. The molecule has 3 rings (SSSR count). The van der Waals surface area contributed by atoms with E-state index in [0.717, 1.165) is 23.4 Å². The molecule has 1 saturated heterocycles. The van der Waals surface area contributed by atoms with Crippen molar-refractivity contribution < 1.29 is 14.3 Å². The number of nitrogens with zero attached hydrogens (tertiary/aromatic N) is 3. The molecule has 1 fully saturated rings. The summed E-state index contributed by atoms with van der Waals surface area (Å²) in [5.74, 6) is 0.846. The second kappa shape index (κ2) is 10.4. The monoisotopic (exact) mass is 456 g/mol. The number of thiazole rings is 1. The number of ether oxygens (including phenoxy) is 2. The molecule has 8 heteroatoms. The van der Waals surface area contributed by atoms with Gasteiger partial charge in [-0.15, -0.1) is 11.3 Å². The van der Waals surface area contributed by atoms with Crippen LogP contribution in [0.1, 0.15) is 42.1 Å². The molecule has 1 amide bonds. The van der Waals surface area contributed by atoms with Gasteiger partial charge in [0.05, 0.1) is 18.9 Å². The first kappa shape index (κ1) is 24.2. The molecule has 0 aliphatic carbocycles. The standard InChI is InChI=1S/C24H32N4O3S/c1-16(2)14-31-20-8-7-18(13-19(20)25-4)23-27-17(3)21(32-23)22(29)26-15-24(28(5)6)9-11-30-12-10-24/h7-8,13,16H,9-12,14-15H2,1-3,5-6H3,(H,26,29). The fourth-order valence-electron chi connectivity index (χ4n) is 3.71. The molecule has 1 N–H and O–H groups in total. The van der Waals surface area contributed by atoms with E-state index in [1.807, 2.05) is 19.1 Å². The lowest BCUT2D eigenvalue weighted by Gasteiger charge is -2.42. The van der Waals surface area contributed by atoms with Crippen molar-refractivity contribution in [2.45, 2.75) is 39.2 Å². The summed E-state index contributed by atoms with van der Waals surface area (Å²) in [4.78, 5) is 24.0. The number of carbonyl (C=O) groups is 1. The van der Waals surface area contributed by atoms with Gasteiger partial charge in [-0.25, -0.2) is 9.83 Å². The van der Waals surface area contributed by atoms with Crippen LogP contribution < -0.4 is 10.1 Å². The summed E-state index contributed by atoms with van der Waals surface area (Å²) < 4.78 is 11.3. The number of nitrogens with one attached hydrogen (secondary N) is 1. The van der Waals surface area contributed by atoms with Crippen molar-refractivity contribution in [1.82, 2.24) is 15.2 Å². The minimum absolute atomic E-state index is 0.0916. The number of benzene rings is 1. The largest absolute Gasteiger partial charge is 0.504 e. The molecule has 172 valence electrons. The van der Waals surface area contributed by atoms with Crippen molar-refractivity contribution in [3.63, 3.8) is 0 Å². The van der Waals surface area contributed by atoms with Crippen molar-refractivity contribution in [3.05, 3.63) is 40.2 Å². The Bertz CT molecular complexity index is 988. The van der Waals surface area contributed by atoms with Gasteiger partial charge in [-0.3, -0.25) is 4.79 Å². The van der Waals surface area contributed by atoms with Crippen LogP contribution in [-0.4, -0.2) is 61.8 Å². The first-order valence-electron chi connectivity index (χ1n) is 10.9. The smallest absolute Gasteiger partial charge is 0.263 e. The lowest BCUT2D eigenvalue weighted by Crippen LogP contribution is -2.55. The molecule has 32 heavy (non-hydrogen) atoms. The van der Waals surface area contributed by atoms with E-state index in [0.29, 0.717) is 54.3 Å². The molecule has 0 spiro atoms. The van der Waals surface area contributed by atoms with Crippen LogP contribution in [0.4, 0.5) is 5.69 Å². The molecule has 1 aliphatic rings. The highest BCUT2D eigenvalue weighted by atomic mass is 32.1. The number of aromatic nitrogens is 1. The second-order valence-corrected chi connectivity index (χ2v) is 9.85. The molecule has 2 heterocycles. The quantitative estimate of drug-likeness (QED) is 0.591. The Morgan fingerprint density at radius 2 is 2.09 bits per heavy atom. The van der Waals surface area contributed by atoms with Gasteiger partial charge in [-0.2, -0.15) is 0 Å². The third-order valence-corrected chi connectivity index (χ3v) is 7.06. The van der Waals surface area contributed by atoms with E-state index in [9.17, 15) is 4.79 Å². The highest BCUT2D eigenvalue weighted by Crippen LogP contribution is 2.36. The van der Waals surface area contributed by atoms with Crippen molar-refractivity contribution in [2.75, 3.05) is 40.5 Å². The average Bonchev–Trinajstić information content (AvgIpc) is 3.18. The van der Waals surface area contributed by atoms with Gasteiger partial charge in [0.15, 0.2) is 0 Å². The highest BCUT2D eigenvalue weighted by Gasteiger charge is 2.35. The van der Waals surface area contributed by atoms with Crippen LogP contribution in [0.25, 0.3) is 15.4 Å². The van der Waals surface area contributed by atoms with E-state index >= 15 is 0 Å². The Kier molecular flexibility index (Phi) is 7.88. The summed E-state index contributed by atoms with van der Waals surface area (Å²) in [6.45, 7) is 16.0. The molecule has 0 saturated carbocycles. The maximum Gasteiger partial charge on any atom is 0.263 e. The lowest BCUT2D eigenvalue weighted by atomic mass is 9.88.